The van der Waals surface area contributed by atoms with Crippen molar-refractivity contribution in [3.63, 3.8) is 0 Å². The Morgan fingerprint density at radius 3 is 2.65 bits per heavy atom. The van der Waals surface area contributed by atoms with Crippen molar-refractivity contribution in [3.8, 4) is 5.75 Å². The fourth-order valence-electron chi connectivity index (χ4n) is 1.56. The molecule has 0 fully saturated rings. The lowest BCUT2D eigenvalue weighted by atomic mass is 10.1. The Morgan fingerprint density at radius 1 is 1.47 bits per heavy atom. The number of phenolic OH excluding ortho intramolecular Hbond substituents is 1. The second-order valence-electron chi connectivity index (χ2n) is 4.04. The predicted octanol–water partition coefficient (Wildman–Crippen LogP) is 0.694. The number of nitrogens with two attached hydrogens (primary N) is 1. The zero-order valence-corrected chi connectivity index (χ0v) is 9.86. The Balaban J connectivity index is 2.73. The average Bonchev–Trinajstić information content (AvgIpc) is 2.15. The molecule has 5 heteroatoms. The van der Waals surface area contributed by atoms with Gasteiger partial charge in [0.1, 0.15) is 5.75 Å². The SMILES string of the molecule is Cc1cc(O)ccc1C(=O)NC(C)CC(N)=O. The standard InChI is InChI=1S/C12H16N2O3/c1-7-5-9(15)3-4-10(7)12(17)14-8(2)6-11(13)16/h3-5,8,15H,6H2,1-2H3,(H2,13,16)(H,14,17). The van der Waals surface area contributed by atoms with Gasteiger partial charge in [-0.3, -0.25) is 9.59 Å². The van der Waals surface area contributed by atoms with E-state index in [1.165, 1.54) is 18.2 Å². The number of aromatic hydroxyl groups is 1. The van der Waals surface area contributed by atoms with Crippen LogP contribution in [0.15, 0.2) is 18.2 Å². The first kappa shape index (κ1) is 13.0. The zero-order valence-electron chi connectivity index (χ0n) is 9.86. The number of carbonyl (C=O) groups excluding carboxylic acids is 2. The number of nitrogens with one attached hydrogen (secondary N) is 1. The van der Waals surface area contributed by atoms with Crippen molar-refractivity contribution in [2.45, 2.75) is 26.3 Å². The number of hydrogen-bond donors (Lipinski definition) is 3. The minimum absolute atomic E-state index is 0.100. The summed E-state index contributed by atoms with van der Waals surface area (Å²) in [6, 6.07) is 4.18. The van der Waals surface area contributed by atoms with Gasteiger partial charge in [0.25, 0.3) is 5.91 Å². The summed E-state index contributed by atoms with van der Waals surface area (Å²) in [7, 11) is 0. The van der Waals surface area contributed by atoms with Crippen LogP contribution in [0.5, 0.6) is 5.75 Å². The van der Waals surface area contributed by atoms with E-state index in [0.29, 0.717) is 11.1 Å². The van der Waals surface area contributed by atoms with Gasteiger partial charge >= 0.3 is 0 Å². The molecule has 0 aliphatic carbocycles. The van der Waals surface area contributed by atoms with Crippen molar-refractivity contribution in [3.05, 3.63) is 29.3 Å². The number of hydrogen-bond acceptors (Lipinski definition) is 3. The molecule has 0 heterocycles. The molecule has 1 atom stereocenters. The first-order valence-corrected chi connectivity index (χ1v) is 5.29. The lowest BCUT2D eigenvalue weighted by Gasteiger charge is -2.13. The molecule has 0 radical (unpaired) electrons. The highest BCUT2D eigenvalue weighted by Gasteiger charge is 2.13. The number of amides is 2. The molecule has 0 spiro atoms. The summed E-state index contributed by atoms with van der Waals surface area (Å²) >= 11 is 0. The molecular weight excluding hydrogens is 220 g/mol. The van der Waals surface area contributed by atoms with E-state index in [1.807, 2.05) is 0 Å². The molecule has 1 unspecified atom stereocenters. The molecule has 0 bridgehead atoms. The van der Waals surface area contributed by atoms with Gasteiger partial charge in [0, 0.05) is 18.0 Å². The van der Waals surface area contributed by atoms with E-state index in [0.717, 1.165) is 0 Å². The van der Waals surface area contributed by atoms with Gasteiger partial charge in [-0.2, -0.15) is 0 Å². The first-order valence-electron chi connectivity index (χ1n) is 5.29. The van der Waals surface area contributed by atoms with Crippen molar-refractivity contribution in [2.24, 2.45) is 5.73 Å². The molecule has 1 aromatic carbocycles. The van der Waals surface area contributed by atoms with Crippen LogP contribution in [0.25, 0.3) is 0 Å². The number of phenols is 1. The predicted molar refractivity (Wildman–Crippen MR) is 63.6 cm³/mol. The number of carbonyl (C=O) groups is 2. The monoisotopic (exact) mass is 236 g/mol. The van der Waals surface area contributed by atoms with Gasteiger partial charge in [-0.05, 0) is 37.6 Å². The molecule has 0 aromatic heterocycles. The van der Waals surface area contributed by atoms with E-state index >= 15 is 0 Å². The van der Waals surface area contributed by atoms with Crippen molar-refractivity contribution in [2.75, 3.05) is 0 Å². The van der Waals surface area contributed by atoms with E-state index in [4.69, 9.17) is 5.73 Å². The highest BCUT2D eigenvalue weighted by molar-refractivity contribution is 5.96. The van der Waals surface area contributed by atoms with E-state index < -0.39 is 5.91 Å². The van der Waals surface area contributed by atoms with Crippen molar-refractivity contribution in [1.29, 1.82) is 0 Å². The van der Waals surface area contributed by atoms with Crippen LogP contribution in [0.1, 0.15) is 29.3 Å². The molecule has 92 valence electrons. The molecule has 2 amide bonds. The minimum atomic E-state index is -0.458. The third kappa shape index (κ3) is 3.79. The van der Waals surface area contributed by atoms with Crippen LogP contribution in [-0.4, -0.2) is 23.0 Å². The van der Waals surface area contributed by atoms with Gasteiger partial charge in [-0.1, -0.05) is 0 Å². The van der Waals surface area contributed by atoms with E-state index in [2.05, 4.69) is 5.32 Å². The molecule has 1 rings (SSSR count). The molecule has 0 saturated carbocycles. The van der Waals surface area contributed by atoms with Gasteiger partial charge < -0.3 is 16.2 Å². The zero-order chi connectivity index (χ0) is 13.0. The molecule has 5 nitrogen and oxygen atoms in total. The second-order valence-corrected chi connectivity index (χ2v) is 4.04. The normalized spacial score (nSPS) is 11.9. The summed E-state index contributed by atoms with van der Waals surface area (Å²) < 4.78 is 0. The fraction of sp³-hybridized carbons (Fsp3) is 0.333. The van der Waals surface area contributed by atoms with Gasteiger partial charge in [0.05, 0.1) is 0 Å². The van der Waals surface area contributed by atoms with Crippen LogP contribution in [0.4, 0.5) is 0 Å². The van der Waals surface area contributed by atoms with Crippen LogP contribution in [-0.2, 0) is 4.79 Å². The summed E-state index contributed by atoms with van der Waals surface area (Å²) in [4.78, 5) is 22.5. The molecule has 4 N–H and O–H groups in total. The van der Waals surface area contributed by atoms with E-state index in [9.17, 15) is 14.7 Å². The van der Waals surface area contributed by atoms with E-state index in [-0.39, 0.29) is 24.1 Å². The van der Waals surface area contributed by atoms with Crippen LogP contribution in [0.3, 0.4) is 0 Å². The average molecular weight is 236 g/mol. The summed E-state index contributed by atoms with van der Waals surface area (Å²) in [5.74, 6) is -0.624. The fourth-order valence-corrected chi connectivity index (χ4v) is 1.56. The maximum Gasteiger partial charge on any atom is 0.251 e. The molecule has 0 aliphatic heterocycles. The Labute approximate surface area is 99.6 Å². The lowest BCUT2D eigenvalue weighted by Crippen LogP contribution is -2.36. The highest BCUT2D eigenvalue weighted by atomic mass is 16.3. The van der Waals surface area contributed by atoms with Crippen molar-refractivity contribution < 1.29 is 14.7 Å². The van der Waals surface area contributed by atoms with Crippen molar-refractivity contribution >= 4 is 11.8 Å². The van der Waals surface area contributed by atoms with Gasteiger partial charge in [-0.25, -0.2) is 0 Å². The van der Waals surface area contributed by atoms with Gasteiger partial charge in [0.15, 0.2) is 0 Å². The van der Waals surface area contributed by atoms with Gasteiger partial charge in [0.2, 0.25) is 5.91 Å². The minimum Gasteiger partial charge on any atom is -0.508 e. The smallest absolute Gasteiger partial charge is 0.251 e. The molecular formula is C12H16N2O3. The van der Waals surface area contributed by atoms with Crippen LogP contribution < -0.4 is 11.1 Å². The van der Waals surface area contributed by atoms with Crippen LogP contribution >= 0.6 is 0 Å². The number of primary amides is 1. The largest absolute Gasteiger partial charge is 0.508 e. The summed E-state index contributed by atoms with van der Waals surface area (Å²) in [5.41, 5.74) is 6.18. The Morgan fingerprint density at radius 2 is 2.12 bits per heavy atom. The highest BCUT2D eigenvalue weighted by Crippen LogP contribution is 2.15. The van der Waals surface area contributed by atoms with Gasteiger partial charge in [-0.15, -0.1) is 0 Å². The topological polar surface area (TPSA) is 92.4 Å². The maximum absolute atomic E-state index is 11.8. The summed E-state index contributed by atoms with van der Waals surface area (Å²) in [5, 5.41) is 11.9. The second kappa shape index (κ2) is 5.34. The van der Waals surface area contributed by atoms with Crippen molar-refractivity contribution in [1.82, 2.24) is 5.32 Å². The Bertz CT molecular complexity index is 443. The lowest BCUT2D eigenvalue weighted by molar-refractivity contribution is -0.118. The summed E-state index contributed by atoms with van der Waals surface area (Å²) in [6.07, 6.45) is 0.100. The number of rotatable bonds is 4. The Hall–Kier alpha value is -2.04. The molecule has 0 saturated heterocycles. The summed E-state index contributed by atoms with van der Waals surface area (Å²) in [6.45, 7) is 3.44. The Kier molecular flexibility index (Phi) is 4.09. The molecule has 17 heavy (non-hydrogen) atoms. The van der Waals surface area contributed by atoms with E-state index in [1.54, 1.807) is 13.8 Å². The third-order valence-corrected chi connectivity index (χ3v) is 2.34. The number of benzene rings is 1. The van der Waals surface area contributed by atoms with Crippen LogP contribution in [0.2, 0.25) is 0 Å². The maximum atomic E-state index is 11.8. The number of aryl methyl sites for hydroxylation is 1. The third-order valence-electron chi connectivity index (χ3n) is 2.34. The first-order chi connectivity index (χ1) is 7.90. The van der Waals surface area contributed by atoms with Crippen LogP contribution in [0, 0.1) is 6.92 Å². The molecule has 0 aliphatic rings. The quantitative estimate of drug-likeness (QED) is 0.718. The molecule has 1 aromatic rings.